The summed E-state index contributed by atoms with van der Waals surface area (Å²) in [5, 5.41) is 18.5. The van der Waals surface area contributed by atoms with Crippen molar-refractivity contribution in [2.24, 2.45) is 5.10 Å². The van der Waals surface area contributed by atoms with Gasteiger partial charge in [-0.1, -0.05) is 6.07 Å². The zero-order valence-corrected chi connectivity index (χ0v) is 16.1. The number of carboxylic acids is 1. The molecule has 0 saturated heterocycles. The molecule has 0 radical (unpaired) electrons. The molecule has 0 saturated carbocycles. The van der Waals surface area contributed by atoms with Gasteiger partial charge in [0.2, 0.25) is 0 Å². The summed E-state index contributed by atoms with van der Waals surface area (Å²) >= 11 is 5.23. The fourth-order valence-electron chi connectivity index (χ4n) is 2.36. The Hall–Kier alpha value is -3.13. The van der Waals surface area contributed by atoms with Crippen molar-refractivity contribution in [3.05, 3.63) is 53.6 Å². The second-order valence-corrected chi connectivity index (χ2v) is 5.98. The van der Waals surface area contributed by atoms with Crippen molar-refractivity contribution >= 4 is 34.7 Å². The minimum atomic E-state index is -1.18. The van der Waals surface area contributed by atoms with Crippen LogP contribution in [0, 0.1) is 0 Å². The van der Waals surface area contributed by atoms with E-state index in [0.29, 0.717) is 27.9 Å². The molecule has 27 heavy (non-hydrogen) atoms. The third kappa shape index (κ3) is 5.96. The van der Waals surface area contributed by atoms with Crippen LogP contribution >= 0.6 is 12.2 Å². The highest BCUT2D eigenvalue weighted by Crippen LogP contribution is 2.21. The lowest BCUT2D eigenvalue weighted by Crippen LogP contribution is -2.25. The smallest absolute Gasteiger partial charge is 0.191 e. The lowest BCUT2D eigenvalue weighted by atomic mass is 10.0. The Morgan fingerprint density at radius 2 is 1.96 bits per heavy atom. The summed E-state index contributed by atoms with van der Waals surface area (Å²) in [4.78, 5) is 10.9. The van der Waals surface area contributed by atoms with E-state index >= 15 is 0 Å². The quantitative estimate of drug-likeness (QED) is 0.425. The number of hydrazone groups is 1. The second-order valence-electron chi connectivity index (χ2n) is 5.57. The SMILES string of the molecule is COc1cccc(NC(=S)N/N=C(/C)c2ccc(OC)c(CC(=O)[O-])c2)c1. The molecule has 0 aliphatic heterocycles. The van der Waals surface area contributed by atoms with Gasteiger partial charge in [0.25, 0.3) is 0 Å². The van der Waals surface area contributed by atoms with Gasteiger partial charge in [-0.15, -0.1) is 0 Å². The van der Waals surface area contributed by atoms with Crippen LogP contribution in [0.15, 0.2) is 47.6 Å². The van der Waals surface area contributed by atoms with E-state index in [1.54, 1.807) is 38.3 Å². The summed E-state index contributed by atoms with van der Waals surface area (Å²) in [5.74, 6) is 0.0157. The molecule has 142 valence electrons. The summed E-state index contributed by atoms with van der Waals surface area (Å²) < 4.78 is 10.3. The number of methoxy groups -OCH3 is 2. The first-order chi connectivity index (χ1) is 12.9. The summed E-state index contributed by atoms with van der Waals surface area (Å²) in [5.41, 5.74) is 5.41. The molecule has 0 amide bonds. The van der Waals surface area contributed by atoms with Gasteiger partial charge in [-0.2, -0.15) is 5.10 Å². The number of nitrogens with one attached hydrogen (secondary N) is 2. The molecule has 0 atom stereocenters. The molecular weight excluding hydrogens is 366 g/mol. The first-order valence-electron chi connectivity index (χ1n) is 8.05. The minimum absolute atomic E-state index is 0.243. The van der Waals surface area contributed by atoms with Crippen molar-refractivity contribution in [2.45, 2.75) is 13.3 Å². The van der Waals surface area contributed by atoms with Crippen molar-refractivity contribution in [2.75, 3.05) is 19.5 Å². The van der Waals surface area contributed by atoms with Gasteiger partial charge >= 0.3 is 0 Å². The number of benzene rings is 2. The van der Waals surface area contributed by atoms with Crippen LogP contribution in [0.3, 0.4) is 0 Å². The number of hydrogen-bond acceptors (Lipinski definition) is 6. The van der Waals surface area contributed by atoms with Gasteiger partial charge in [0.15, 0.2) is 5.11 Å². The van der Waals surface area contributed by atoms with Crippen molar-refractivity contribution in [3.8, 4) is 11.5 Å². The molecule has 2 N–H and O–H groups in total. The number of carbonyl (C=O) groups is 1. The van der Waals surface area contributed by atoms with Gasteiger partial charge < -0.3 is 24.7 Å². The Morgan fingerprint density at radius 3 is 2.63 bits per heavy atom. The van der Waals surface area contributed by atoms with E-state index in [4.69, 9.17) is 21.7 Å². The first kappa shape index (κ1) is 20.2. The van der Waals surface area contributed by atoms with Gasteiger partial charge in [0, 0.05) is 29.7 Å². The average Bonchev–Trinajstić information content (AvgIpc) is 2.65. The summed E-state index contributed by atoms with van der Waals surface area (Å²) in [7, 11) is 3.08. The maximum atomic E-state index is 10.9. The van der Waals surface area contributed by atoms with E-state index < -0.39 is 5.97 Å². The first-order valence-corrected chi connectivity index (χ1v) is 8.46. The predicted molar refractivity (Wildman–Crippen MR) is 106 cm³/mol. The number of hydrogen-bond donors (Lipinski definition) is 2. The van der Waals surface area contributed by atoms with Gasteiger partial charge in [-0.05, 0) is 55.0 Å². The lowest BCUT2D eigenvalue weighted by molar-refractivity contribution is -0.304. The van der Waals surface area contributed by atoms with Crippen LogP contribution in [0.25, 0.3) is 0 Å². The summed E-state index contributed by atoms with van der Waals surface area (Å²) in [6.45, 7) is 1.78. The third-order valence-electron chi connectivity index (χ3n) is 3.69. The fourth-order valence-corrected chi connectivity index (χ4v) is 2.52. The predicted octanol–water partition coefficient (Wildman–Crippen LogP) is 1.71. The van der Waals surface area contributed by atoms with E-state index in [0.717, 1.165) is 11.3 Å². The average molecular weight is 386 g/mol. The Morgan fingerprint density at radius 1 is 1.19 bits per heavy atom. The highest BCUT2D eigenvalue weighted by Gasteiger charge is 2.07. The number of anilines is 1. The Labute approximate surface area is 163 Å². The number of thiocarbonyl (C=S) groups is 1. The van der Waals surface area contributed by atoms with Crippen LogP contribution < -0.4 is 25.3 Å². The van der Waals surface area contributed by atoms with Crippen molar-refractivity contribution in [3.63, 3.8) is 0 Å². The van der Waals surface area contributed by atoms with Gasteiger partial charge in [0.05, 0.1) is 19.9 Å². The standard InChI is InChI=1S/C19H21N3O4S/c1-12(13-7-8-17(26-3)14(9-13)10-18(23)24)21-22-19(27)20-15-5-4-6-16(11-15)25-2/h4-9,11H,10H2,1-3H3,(H,23,24)(H2,20,22,27)/p-1/b21-12-. The molecule has 0 aliphatic carbocycles. The molecule has 0 aliphatic rings. The topological polar surface area (TPSA) is 95.0 Å². The number of carboxylic acid groups (broad SMARTS) is 1. The van der Waals surface area contributed by atoms with Crippen LogP contribution in [0.5, 0.6) is 11.5 Å². The minimum Gasteiger partial charge on any atom is -0.550 e. The van der Waals surface area contributed by atoms with E-state index in [1.807, 2.05) is 18.2 Å². The molecule has 7 nitrogen and oxygen atoms in total. The number of nitrogens with zero attached hydrogens (tertiary/aromatic N) is 1. The fraction of sp³-hybridized carbons (Fsp3) is 0.211. The zero-order valence-electron chi connectivity index (χ0n) is 15.2. The molecule has 0 unspecified atom stereocenters. The molecule has 2 aromatic carbocycles. The van der Waals surface area contributed by atoms with Crippen LogP contribution in [-0.2, 0) is 11.2 Å². The normalized spacial score (nSPS) is 10.9. The van der Waals surface area contributed by atoms with Crippen molar-refractivity contribution in [1.82, 2.24) is 5.43 Å². The molecule has 2 rings (SSSR count). The molecule has 0 spiro atoms. The lowest BCUT2D eigenvalue weighted by Gasteiger charge is -2.12. The Bertz CT molecular complexity index is 868. The number of rotatable bonds is 7. The van der Waals surface area contributed by atoms with Gasteiger partial charge in [-0.25, -0.2) is 0 Å². The van der Waals surface area contributed by atoms with Gasteiger partial charge in [-0.3, -0.25) is 5.43 Å². The van der Waals surface area contributed by atoms with Gasteiger partial charge in [0.1, 0.15) is 11.5 Å². The van der Waals surface area contributed by atoms with Crippen LogP contribution in [0.2, 0.25) is 0 Å². The number of ether oxygens (including phenoxy) is 2. The third-order valence-corrected chi connectivity index (χ3v) is 3.88. The van der Waals surface area contributed by atoms with E-state index in [1.165, 1.54) is 7.11 Å². The molecule has 0 heterocycles. The zero-order chi connectivity index (χ0) is 19.8. The second kappa shape index (κ2) is 9.54. The number of aliphatic carboxylic acids is 1. The van der Waals surface area contributed by atoms with Crippen molar-refractivity contribution < 1.29 is 19.4 Å². The summed E-state index contributed by atoms with van der Waals surface area (Å²) in [6, 6.07) is 12.5. The molecule has 8 heteroatoms. The molecule has 0 fully saturated rings. The monoisotopic (exact) mass is 386 g/mol. The largest absolute Gasteiger partial charge is 0.550 e. The van der Waals surface area contributed by atoms with Crippen LogP contribution in [-0.4, -0.2) is 31.0 Å². The maximum Gasteiger partial charge on any atom is 0.191 e. The van der Waals surface area contributed by atoms with Crippen LogP contribution in [0.1, 0.15) is 18.1 Å². The number of carbonyl (C=O) groups excluding carboxylic acids is 1. The molecule has 0 bridgehead atoms. The van der Waals surface area contributed by atoms with E-state index in [2.05, 4.69) is 15.8 Å². The molecule has 2 aromatic rings. The highest BCUT2D eigenvalue weighted by atomic mass is 32.1. The Kier molecular flexibility index (Phi) is 7.13. The molecular formula is C19H20N3O4S-. The van der Waals surface area contributed by atoms with Crippen molar-refractivity contribution in [1.29, 1.82) is 0 Å². The van der Waals surface area contributed by atoms with E-state index in [-0.39, 0.29) is 6.42 Å². The van der Waals surface area contributed by atoms with E-state index in [9.17, 15) is 9.90 Å². The Balaban J connectivity index is 2.07. The maximum absolute atomic E-state index is 10.9. The van der Waals surface area contributed by atoms with Crippen LogP contribution in [0.4, 0.5) is 5.69 Å². The summed E-state index contributed by atoms with van der Waals surface area (Å²) in [6.07, 6.45) is -0.243. The highest BCUT2D eigenvalue weighted by molar-refractivity contribution is 7.80. The molecule has 0 aromatic heterocycles.